The van der Waals surface area contributed by atoms with Gasteiger partial charge in [0, 0.05) is 22.4 Å². The number of thioether (sulfide) groups is 1. The Morgan fingerprint density at radius 1 is 1.47 bits per heavy atom. The van der Waals surface area contributed by atoms with Crippen molar-refractivity contribution in [1.82, 2.24) is 0 Å². The Bertz CT molecular complexity index is 338. The van der Waals surface area contributed by atoms with Gasteiger partial charge in [0.15, 0.2) is 0 Å². The van der Waals surface area contributed by atoms with Crippen molar-refractivity contribution in [3.63, 3.8) is 0 Å². The van der Waals surface area contributed by atoms with E-state index in [0.29, 0.717) is 10.9 Å². The second kappa shape index (κ2) is 4.41. The summed E-state index contributed by atoms with van der Waals surface area (Å²) in [5.41, 5.74) is 6.06. The molecule has 0 aromatic heterocycles. The van der Waals surface area contributed by atoms with E-state index in [1.807, 2.05) is 6.92 Å². The lowest BCUT2D eigenvalue weighted by Crippen LogP contribution is -2.13. The zero-order valence-electron chi connectivity index (χ0n) is 8.57. The van der Waals surface area contributed by atoms with E-state index in [0.717, 1.165) is 17.9 Å². The van der Waals surface area contributed by atoms with Gasteiger partial charge in [0.1, 0.15) is 5.82 Å². The van der Waals surface area contributed by atoms with Crippen molar-refractivity contribution in [3.05, 3.63) is 24.0 Å². The number of rotatable bonds is 2. The van der Waals surface area contributed by atoms with E-state index < -0.39 is 0 Å². The molecule has 15 heavy (non-hydrogen) atoms. The third-order valence-corrected chi connectivity index (χ3v) is 3.92. The van der Waals surface area contributed by atoms with Gasteiger partial charge >= 0.3 is 0 Å². The fourth-order valence-electron chi connectivity index (χ4n) is 1.69. The van der Waals surface area contributed by atoms with Crippen molar-refractivity contribution in [2.45, 2.75) is 29.6 Å². The third-order valence-electron chi connectivity index (χ3n) is 2.49. The molecule has 0 bridgehead atoms. The number of ether oxygens (including phenoxy) is 1. The summed E-state index contributed by atoms with van der Waals surface area (Å²) in [5, 5.41) is 0.409. The molecule has 1 aliphatic heterocycles. The summed E-state index contributed by atoms with van der Waals surface area (Å²) in [6.45, 7) is 2.84. The average molecular weight is 227 g/mol. The molecular formula is C11H14FNOS. The maximum atomic E-state index is 13.1. The molecule has 2 rings (SSSR count). The van der Waals surface area contributed by atoms with Crippen molar-refractivity contribution < 1.29 is 9.13 Å². The topological polar surface area (TPSA) is 35.2 Å². The summed E-state index contributed by atoms with van der Waals surface area (Å²) >= 11 is 1.64. The molecule has 2 N–H and O–H groups in total. The number of halogens is 1. The van der Waals surface area contributed by atoms with Crippen LogP contribution in [0.2, 0.25) is 0 Å². The number of nitrogens with two attached hydrogens (primary N) is 1. The second-order valence-electron chi connectivity index (χ2n) is 3.74. The summed E-state index contributed by atoms with van der Waals surface area (Å²) in [5.74, 6) is -0.274. The van der Waals surface area contributed by atoms with E-state index >= 15 is 0 Å². The molecule has 0 radical (unpaired) electrons. The molecule has 0 saturated carbocycles. The summed E-state index contributed by atoms with van der Waals surface area (Å²) < 4.78 is 18.5. The molecule has 1 fully saturated rings. The largest absolute Gasteiger partial charge is 0.399 e. The van der Waals surface area contributed by atoms with E-state index in [2.05, 4.69) is 0 Å². The van der Waals surface area contributed by atoms with Crippen LogP contribution in [0.25, 0.3) is 0 Å². The van der Waals surface area contributed by atoms with E-state index in [1.165, 1.54) is 12.1 Å². The predicted molar refractivity (Wildman–Crippen MR) is 60.5 cm³/mol. The molecule has 1 aromatic carbocycles. The van der Waals surface area contributed by atoms with Crippen LogP contribution in [0.5, 0.6) is 0 Å². The third kappa shape index (κ3) is 2.63. The molecule has 1 heterocycles. The van der Waals surface area contributed by atoms with Gasteiger partial charge in [-0.25, -0.2) is 4.39 Å². The van der Waals surface area contributed by atoms with E-state index in [9.17, 15) is 4.39 Å². The molecule has 0 spiro atoms. The molecular weight excluding hydrogens is 213 g/mol. The highest BCUT2D eigenvalue weighted by atomic mass is 32.2. The second-order valence-corrected chi connectivity index (χ2v) is 5.05. The maximum absolute atomic E-state index is 13.1. The SMILES string of the molecule is CC1OCCC1Sc1cc(N)cc(F)c1. The fraction of sp³-hybridized carbons (Fsp3) is 0.455. The van der Waals surface area contributed by atoms with Crippen LogP contribution in [0.15, 0.2) is 23.1 Å². The Kier molecular flexibility index (Phi) is 3.17. The number of hydrogen-bond donors (Lipinski definition) is 1. The van der Waals surface area contributed by atoms with E-state index in [1.54, 1.807) is 17.8 Å². The Morgan fingerprint density at radius 2 is 2.27 bits per heavy atom. The number of nitrogen functional groups attached to an aromatic ring is 1. The highest BCUT2D eigenvalue weighted by molar-refractivity contribution is 8.00. The van der Waals surface area contributed by atoms with Crippen LogP contribution in [-0.2, 0) is 4.74 Å². The zero-order valence-corrected chi connectivity index (χ0v) is 9.39. The molecule has 2 nitrogen and oxygen atoms in total. The van der Waals surface area contributed by atoms with Crippen molar-refractivity contribution in [3.8, 4) is 0 Å². The van der Waals surface area contributed by atoms with Gasteiger partial charge in [-0.15, -0.1) is 11.8 Å². The van der Waals surface area contributed by atoms with Crippen LogP contribution >= 0.6 is 11.8 Å². The normalized spacial score (nSPS) is 25.7. The monoisotopic (exact) mass is 227 g/mol. The Balaban J connectivity index is 2.10. The van der Waals surface area contributed by atoms with Crippen molar-refractivity contribution >= 4 is 17.4 Å². The first kappa shape index (κ1) is 10.8. The van der Waals surface area contributed by atoms with Crippen molar-refractivity contribution in [1.29, 1.82) is 0 Å². The van der Waals surface area contributed by atoms with Gasteiger partial charge in [-0.05, 0) is 31.5 Å². The molecule has 0 aliphatic carbocycles. The van der Waals surface area contributed by atoms with E-state index in [4.69, 9.17) is 10.5 Å². The lowest BCUT2D eigenvalue weighted by Gasteiger charge is -2.13. The van der Waals surface area contributed by atoms with Gasteiger partial charge in [-0.1, -0.05) is 0 Å². The Morgan fingerprint density at radius 3 is 2.87 bits per heavy atom. The highest BCUT2D eigenvalue weighted by Gasteiger charge is 2.25. The molecule has 1 aromatic rings. The van der Waals surface area contributed by atoms with Crippen LogP contribution < -0.4 is 5.73 Å². The number of anilines is 1. The summed E-state index contributed by atoms with van der Waals surface area (Å²) in [4.78, 5) is 0.884. The number of benzene rings is 1. The van der Waals surface area contributed by atoms with Gasteiger partial charge in [-0.3, -0.25) is 0 Å². The number of hydrogen-bond acceptors (Lipinski definition) is 3. The van der Waals surface area contributed by atoms with Crippen LogP contribution in [0, 0.1) is 5.82 Å². The first-order valence-corrected chi connectivity index (χ1v) is 5.87. The standard InChI is InChI=1S/C11H14FNOS/c1-7-11(2-3-14-7)15-10-5-8(12)4-9(13)6-10/h4-7,11H,2-3,13H2,1H3. The minimum atomic E-state index is -0.274. The average Bonchev–Trinajstić information content (AvgIpc) is 2.50. The van der Waals surface area contributed by atoms with Gasteiger partial charge in [0.05, 0.1) is 6.10 Å². The van der Waals surface area contributed by atoms with Gasteiger partial charge < -0.3 is 10.5 Å². The van der Waals surface area contributed by atoms with E-state index in [-0.39, 0.29) is 11.9 Å². The van der Waals surface area contributed by atoms with Crippen LogP contribution in [0.3, 0.4) is 0 Å². The molecule has 1 aliphatic rings. The van der Waals surface area contributed by atoms with Crippen molar-refractivity contribution in [2.24, 2.45) is 0 Å². The smallest absolute Gasteiger partial charge is 0.126 e. The summed E-state index contributed by atoms with van der Waals surface area (Å²) in [7, 11) is 0. The minimum absolute atomic E-state index is 0.236. The van der Waals surface area contributed by atoms with Gasteiger partial charge in [0.25, 0.3) is 0 Å². The first-order chi connectivity index (χ1) is 7.15. The molecule has 1 saturated heterocycles. The van der Waals surface area contributed by atoms with Gasteiger partial charge in [0.2, 0.25) is 0 Å². The quantitative estimate of drug-likeness (QED) is 0.789. The summed E-state index contributed by atoms with van der Waals surface area (Å²) in [6.07, 6.45) is 1.25. The lowest BCUT2D eigenvalue weighted by atomic mass is 10.3. The molecule has 0 amide bonds. The maximum Gasteiger partial charge on any atom is 0.126 e. The molecule has 2 unspecified atom stereocenters. The Hall–Kier alpha value is -0.740. The van der Waals surface area contributed by atoms with Crippen molar-refractivity contribution in [2.75, 3.05) is 12.3 Å². The van der Waals surface area contributed by atoms with Crippen LogP contribution in [0.1, 0.15) is 13.3 Å². The van der Waals surface area contributed by atoms with Crippen LogP contribution in [-0.4, -0.2) is 18.0 Å². The fourth-order valence-corrected chi connectivity index (χ4v) is 2.91. The molecule has 82 valence electrons. The lowest BCUT2D eigenvalue weighted by molar-refractivity contribution is 0.127. The molecule has 4 heteroatoms. The predicted octanol–water partition coefficient (Wildman–Crippen LogP) is 2.68. The van der Waals surface area contributed by atoms with Gasteiger partial charge in [-0.2, -0.15) is 0 Å². The summed E-state index contributed by atoms with van der Waals surface area (Å²) in [6, 6.07) is 4.66. The Labute approximate surface area is 93.0 Å². The highest BCUT2D eigenvalue weighted by Crippen LogP contribution is 2.33. The van der Waals surface area contributed by atoms with Crippen LogP contribution in [0.4, 0.5) is 10.1 Å². The first-order valence-electron chi connectivity index (χ1n) is 4.99. The minimum Gasteiger partial charge on any atom is -0.399 e. The molecule has 2 atom stereocenters. The zero-order chi connectivity index (χ0) is 10.8.